The third kappa shape index (κ3) is 3.09. The lowest BCUT2D eigenvalue weighted by Gasteiger charge is -2.31. The Hall–Kier alpha value is -1.30. The fourth-order valence-electron chi connectivity index (χ4n) is 1.98. The van der Waals surface area contributed by atoms with E-state index in [0.29, 0.717) is 19.6 Å². The van der Waals surface area contributed by atoms with Crippen molar-refractivity contribution >= 4 is 12.0 Å². The number of carboxylic acids is 1. The van der Waals surface area contributed by atoms with Crippen LogP contribution < -0.4 is 0 Å². The average molecular weight is 244 g/mol. The number of amides is 2. The van der Waals surface area contributed by atoms with Crippen molar-refractivity contribution < 1.29 is 19.4 Å². The average Bonchev–Trinajstić information content (AvgIpc) is 2.80. The van der Waals surface area contributed by atoms with Crippen LogP contribution in [0.4, 0.5) is 4.79 Å². The van der Waals surface area contributed by atoms with Crippen LogP contribution in [0.1, 0.15) is 19.8 Å². The van der Waals surface area contributed by atoms with E-state index in [4.69, 9.17) is 9.84 Å². The molecule has 2 unspecified atom stereocenters. The molecule has 2 atom stereocenters. The van der Waals surface area contributed by atoms with Crippen molar-refractivity contribution in [3.05, 3.63) is 0 Å². The van der Waals surface area contributed by atoms with Crippen LogP contribution in [-0.4, -0.2) is 66.3 Å². The molecule has 98 valence electrons. The first-order valence-electron chi connectivity index (χ1n) is 5.79. The predicted octanol–water partition coefficient (Wildman–Crippen LogP) is 0.622. The Bertz CT molecular complexity index is 289. The zero-order chi connectivity index (χ0) is 13.0. The Morgan fingerprint density at radius 1 is 1.47 bits per heavy atom. The second-order valence-corrected chi connectivity index (χ2v) is 4.28. The number of aliphatic carboxylic acids is 1. The van der Waals surface area contributed by atoms with Gasteiger partial charge in [0.2, 0.25) is 0 Å². The highest BCUT2D eigenvalue weighted by Gasteiger charge is 2.31. The zero-order valence-corrected chi connectivity index (χ0v) is 10.5. The Morgan fingerprint density at radius 3 is 2.53 bits per heavy atom. The van der Waals surface area contributed by atoms with Gasteiger partial charge in [-0.3, -0.25) is 0 Å². The van der Waals surface area contributed by atoms with Crippen LogP contribution in [-0.2, 0) is 9.53 Å². The van der Waals surface area contributed by atoms with Gasteiger partial charge < -0.3 is 19.6 Å². The van der Waals surface area contributed by atoms with E-state index in [1.54, 1.807) is 18.9 Å². The van der Waals surface area contributed by atoms with Gasteiger partial charge >= 0.3 is 12.0 Å². The number of ether oxygens (including phenoxy) is 1. The summed E-state index contributed by atoms with van der Waals surface area (Å²) >= 11 is 0. The van der Waals surface area contributed by atoms with Gasteiger partial charge in [-0.15, -0.1) is 0 Å². The second kappa shape index (κ2) is 5.86. The Balaban J connectivity index is 2.63. The minimum Gasteiger partial charge on any atom is -0.480 e. The Kier molecular flexibility index (Phi) is 4.74. The van der Waals surface area contributed by atoms with Crippen molar-refractivity contribution in [1.82, 2.24) is 9.80 Å². The number of nitrogens with zero attached hydrogens (tertiary/aromatic N) is 2. The number of hydrogen-bond acceptors (Lipinski definition) is 3. The molecule has 2 amide bonds. The summed E-state index contributed by atoms with van der Waals surface area (Å²) in [7, 11) is 3.21. The number of urea groups is 1. The number of carbonyl (C=O) groups excluding carboxylic acids is 1. The lowest BCUT2D eigenvalue weighted by Crippen LogP contribution is -2.50. The molecule has 6 nitrogen and oxygen atoms in total. The largest absolute Gasteiger partial charge is 0.480 e. The molecule has 0 radical (unpaired) electrons. The molecule has 1 heterocycles. The fourth-order valence-corrected chi connectivity index (χ4v) is 1.98. The van der Waals surface area contributed by atoms with Crippen molar-refractivity contribution in [1.29, 1.82) is 0 Å². The van der Waals surface area contributed by atoms with E-state index in [1.165, 1.54) is 11.9 Å². The summed E-state index contributed by atoms with van der Waals surface area (Å²) in [6, 6.07) is -0.988. The molecule has 0 aromatic carbocycles. The van der Waals surface area contributed by atoms with Gasteiger partial charge in [-0.2, -0.15) is 0 Å². The maximum atomic E-state index is 12.1. The van der Waals surface area contributed by atoms with Crippen LogP contribution in [0, 0.1) is 0 Å². The molecule has 0 aliphatic carbocycles. The minimum absolute atomic E-state index is 0.0521. The molecular formula is C11H20N2O4. The van der Waals surface area contributed by atoms with Crippen molar-refractivity contribution in [2.24, 2.45) is 0 Å². The molecule has 17 heavy (non-hydrogen) atoms. The molecule has 6 heteroatoms. The normalized spacial score (nSPS) is 21.0. The van der Waals surface area contributed by atoms with Gasteiger partial charge in [-0.1, -0.05) is 6.92 Å². The monoisotopic (exact) mass is 244 g/mol. The fraction of sp³-hybridized carbons (Fsp3) is 0.818. The number of carboxylic acid groups (broad SMARTS) is 1. The minimum atomic E-state index is -0.973. The van der Waals surface area contributed by atoms with E-state index in [9.17, 15) is 9.59 Å². The molecule has 1 N–H and O–H groups in total. The van der Waals surface area contributed by atoms with Crippen molar-refractivity contribution in [2.45, 2.75) is 31.8 Å². The first-order valence-corrected chi connectivity index (χ1v) is 5.79. The van der Waals surface area contributed by atoms with Gasteiger partial charge in [-0.05, 0) is 12.8 Å². The highest BCUT2D eigenvalue weighted by molar-refractivity contribution is 5.82. The summed E-state index contributed by atoms with van der Waals surface area (Å²) in [6.45, 7) is 2.93. The summed E-state index contributed by atoms with van der Waals surface area (Å²) in [5.41, 5.74) is 0. The molecule has 0 spiro atoms. The molecule has 1 aliphatic heterocycles. The number of likely N-dealkylation sites (N-methyl/N-ethyl adjacent to an activating group) is 2. The van der Waals surface area contributed by atoms with Gasteiger partial charge in [0.25, 0.3) is 0 Å². The van der Waals surface area contributed by atoms with E-state index in [-0.39, 0.29) is 12.1 Å². The lowest BCUT2D eigenvalue weighted by molar-refractivity contribution is -0.142. The van der Waals surface area contributed by atoms with Gasteiger partial charge in [0.1, 0.15) is 6.04 Å². The Morgan fingerprint density at radius 2 is 2.12 bits per heavy atom. The first kappa shape index (κ1) is 13.8. The van der Waals surface area contributed by atoms with Crippen molar-refractivity contribution in [3.8, 4) is 0 Å². The first-order chi connectivity index (χ1) is 7.99. The quantitative estimate of drug-likeness (QED) is 0.787. The van der Waals surface area contributed by atoms with Crippen molar-refractivity contribution in [2.75, 3.05) is 27.3 Å². The van der Waals surface area contributed by atoms with E-state index in [1.807, 2.05) is 0 Å². The van der Waals surface area contributed by atoms with Crippen LogP contribution in [0.2, 0.25) is 0 Å². The SMILES string of the molecule is CCC(C(=O)O)N(C)C(=O)N(C)C1CCOC1. The summed E-state index contributed by atoms with van der Waals surface area (Å²) in [5.74, 6) is -0.973. The van der Waals surface area contributed by atoms with E-state index in [2.05, 4.69) is 0 Å². The molecule has 0 aromatic rings. The van der Waals surface area contributed by atoms with Gasteiger partial charge in [0.15, 0.2) is 0 Å². The van der Waals surface area contributed by atoms with Crippen LogP contribution in [0.15, 0.2) is 0 Å². The maximum Gasteiger partial charge on any atom is 0.326 e. The van der Waals surface area contributed by atoms with Gasteiger partial charge in [0, 0.05) is 20.7 Å². The van der Waals surface area contributed by atoms with Gasteiger partial charge in [-0.25, -0.2) is 9.59 Å². The number of hydrogen-bond donors (Lipinski definition) is 1. The van der Waals surface area contributed by atoms with Gasteiger partial charge in [0.05, 0.1) is 12.6 Å². The number of rotatable bonds is 4. The zero-order valence-electron chi connectivity index (χ0n) is 10.5. The molecular weight excluding hydrogens is 224 g/mol. The Labute approximate surface area is 101 Å². The van der Waals surface area contributed by atoms with E-state index >= 15 is 0 Å². The topological polar surface area (TPSA) is 70.1 Å². The van der Waals surface area contributed by atoms with Crippen LogP contribution >= 0.6 is 0 Å². The van der Waals surface area contributed by atoms with Crippen LogP contribution in [0.3, 0.4) is 0 Å². The van der Waals surface area contributed by atoms with Crippen LogP contribution in [0.5, 0.6) is 0 Å². The molecule has 1 fully saturated rings. The molecule has 1 saturated heterocycles. The van der Waals surface area contributed by atoms with E-state index in [0.717, 1.165) is 6.42 Å². The maximum absolute atomic E-state index is 12.1. The highest BCUT2D eigenvalue weighted by atomic mass is 16.5. The summed E-state index contributed by atoms with van der Waals surface area (Å²) in [5, 5.41) is 9.00. The number of carbonyl (C=O) groups is 2. The molecule has 0 bridgehead atoms. The highest BCUT2D eigenvalue weighted by Crippen LogP contribution is 2.14. The summed E-state index contributed by atoms with van der Waals surface area (Å²) in [6.07, 6.45) is 1.20. The third-order valence-electron chi connectivity index (χ3n) is 3.20. The molecule has 0 aromatic heterocycles. The third-order valence-corrected chi connectivity index (χ3v) is 3.20. The van der Waals surface area contributed by atoms with Crippen molar-refractivity contribution in [3.63, 3.8) is 0 Å². The molecule has 1 aliphatic rings. The standard InChI is InChI=1S/C11H20N2O4/c1-4-9(10(14)15)13(3)11(16)12(2)8-5-6-17-7-8/h8-9H,4-7H2,1-3H3,(H,14,15). The molecule has 1 rings (SSSR count). The van der Waals surface area contributed by atoms with Crippen LogP contribution in [0.25, 0.3) is 0 Å². The summed E-state index contributed by atoms with van der Waals surface area (Å²) < 4.78 is 5.21. The lowest BCUT2D eigenvalue weighted by atomic mass is 10.2. The molecule has 0 saturated carbocycles. The smallest absolute Gasteiger partial charge is 0.326 e. The summed E-state index contributed by atoms with van der Waals surface area (Å²) in [4.78, 5) is 25.9. The predicted molar refractivity (Wildman–Crippen MR) is 61.9 cm³/mol. The van der Waals surface area contributed by atoms with E-state index < -0.39 is 12.0 Å². The second-order valence-electron chi connectivity index (χ2n) is 4.28.